The van der Waals surface area contributed by atoms with E-state index < -0.39 is 5.97 Å². The Hall–Kier alpha value is -3.41. The van der Waals surface area contributed by atoms with Gasteiger partial charge in [0.15, 0.2) is 0 Å². The number of carbonyl (C=O) groups excluding carboxylic acids is 1. The molecule has 2 heterocycles. The van der Waals surface area contributed by atoms with Crippen molar-refractivity contribution in [3.05, 3.63) is 53.6 Å². The highest BCUT2D eigenvalue weighted by atomic mass is 16.5. The quantitative estimate of drug-likeness (QED) is 0.485. The number of ether oxygens (including phenoxy) is 1. The molecule has 0 atom stereocenters. The maximum Gasteiger partial charge on any atom is 0.343 e. The fraction of sp³-hybridized carbons (Fsp3) is 0.261. The number of H-pyrrole nitrogens is 1. The molecule has 0 radical (unpaired) electrons. The molecular weight excluding hydrogens is 366 g/mol. The van der Waals surface area contributed by atoms with Crippen LogP contribution in [0.3, 0.4) is 0 Å². The van der Waals surface area contributed by atoms with E-state index in [0.29, 0.717) is 11.4 Å². The minimum atomic E-state index is -0.576. The standard InChI is InChI=1S/C23H21N3O3/c1-2-29-23(28)16-12-14-10-11-15(13-6-5-7-13)19(20(14)26-22(16)27)21-24-17-8-3-4-9-18(17)25-21/h3-4,8-13H,2,5-7H2,1H3,(H,24,25)(H,26,27). The van der Waals surface area contributed by atoms with E-state index in [2.05, 4.69) is 16.0 Å². The molecule has 29 heavy (non-hydrogen) atoms. The predicted octanol–water partition coefficient (Wildman–Crippen LogP) is 4.93. The van der Waals surface area contributed by atoms with Crippen LogP contribution in [0.2, 0.25) is 0 Å². The van der Waals surface area contributed by atoms with Crippen molar-refractivity contribution in [2.75, 3.05) is 6.61 Å². The van der Waals surface area contributed by atoms with Gasteiger partial charge in [0.25, 0.3) is 0 Å². The fourth-order valence-corrected chi connectivity index (χ4v) is 3.98. The third-order valence-electron chi connectivity index (χ3n) is 5.67. The lowest BCUT2D eigenvalue weighted by Crippen LogP contribution is -2.11. The van der Waals surface area contributed by atoms with Gasteiger partial charge in [0, 0.05) is 10.9 Å². The second kappa shape index (κ2) is 6.88. The lowest BCUT2D eigenvalue weighted by Gasteiger charge is -2.28. The monoisotopic (exact) mass is 387 g/mol. The molecular formula is C23H21N3O3. The first-order chi connectivity index (χ1) is 14.2. The Morgan fingerprint density at radius 2 is 2.03 bits per heavy atom. The molecule has 1 aliphatic rings. The Morgan fingerprint density at radius 1 is 1.21 bits per heavy atom. The number of fused-ring (bicyclic) bond motifs is 2. The first-order valence-electron chi connectivity index (χ1n) is 9.94. The molecule has 2 aromatic heterocycles. The SMILES string of the molecule is CCOC(=O)c1cc2ccc(C3CCC3)c(-c3nc4ccccc4[nH]3)c2nc1O. The normalized spacial score (nSPS) is 14.2. The number of benzene rings is 2. The van der Waals surface area contributed by atoms with Gasteiger partial charge in [0.1, 0.15) is 11.4 Å². The first kappa shape index (κ1) is 17.7. The number of pyridine rings is 1. The van der Waals surface area contributed by atoms with Gasteiger partial charge >= 0.3 is 5.97 Å². The molecule has 6 heteroatoms. The molecule has 146 valence electrons. The molecule has 0 amide bonds. The van der Waals surface area contributed by atoms with Gasteiger partial charge in [-0.3, -0.25) is 0 Å². The number of hydrogen-bond donors (Lipinski definition) is 2. The maximum absolute atomic E-state index is 12.2. The third-order valence-corrected chi connectivity index (χ3v) is 5.67. The van der Waals surface area contributed by atoms with Crippen molar-refractivity contribution in [2.45, 2.75) is 32.1 Å². The second-order valence-electron chi connectivity index (χ2n) is 7.41. The minimum absolute atomic E-state index is 0.0753. The molecule has 0 aliphatic heterocycles. The molecule has 0 unspecified atom stereocenters. The number of nitrogens with zero attached hydrogens (tertiary/aromatic N) is 2. The van der Waals surface area contributed by atoms with Crippen LogP contribution in [0, 0.1) is 0 Å². The Morgan fingerprint density at radius 3 is 2.76 bits per heavy atom. The van der Waals surface area contributed by atoms with Crippen LogP contribution in [0.4, 0.5) is 0 Å². The molecule has 2 N–H and O–H groups in total. The first-order valence-corrected chi connectivity index (χ1v) is 9.94. The van der Waals surface area contributed by atoms with Crippen molar-refractivity contribution < 1.29 is 14.6 Å². The smallest absolute Gasteiger partial charge is 0.343 e. The summed E-state index contributed by atoms with van der Waals surface area (Å²) in [6, 6.07) is 13.6. The molecule has 0 spiro atoms. The number of carbonyl (C=O) groups is 1. The summed E-state index contributed by atoms with van der Waals surface area (Å²) in [6.07, 6.45) is 3.47. The van der Waals surface area contributed by atoms with Gasteiger partial charge in [-0.25, -0.2) is 14.8 Å². The Labute approximate surface area is 167 Å². The van der Waals surface area contributed by atoms with Gasteiger partial charge in [-0.2, -0.15) is 0 Å². The fourth-order valence-electron chi connectivity index (χ4n) is 3.98. The molecule has 2 aromatic carbocycles. The summed E-state index contributed by atoms with van der Waals surface area (Å²) in [5, 5.41) is 11.2. The zero-order valence-corrected chi connectivity index (χ0v) is 16.1. The summed E-state index contributed by atoms with van der Waals surface area (Å²) >= 11 is 0. The molecule has 1 aliphatic carbocycles. The Kier molecular flexibility index (Phi) is 4.19. The molecule has 0 saturated heterocycles. The van der Waals surface area contributed by atoms with Crippen LogP contribution in [0.15, 0.2) is 42.5 Å². The van der Waals surface area contributed by atoms with Crippen LogP contribution >= 0.6 is 0 Å². The topological polar surface area (TPSA) is 88.1 Å². The summed E-state index contributed by atoms with van der Waals surface area (Å²) in [5.41, 5.74) is 4.62. The molecule has 1 fully saturated rings. The Bertz CT molecular complexity index is 1210. The lowest BCUT2D eigenvalue weighted by atomic mass is 9.77. The third kappa shape index (κ3) is 2.92. The van der Waals surface area contributed by atoms with Crippen molar-refractivity contribution in [3.8, 4) is 17.3 Å². The van der Waals surface area contributed by atoms with Crippen LogP contribution in [0.5, 0.6) is 5.88 Å². The van der Waals surface area contributed by atoms with Gasteiger partial charge in [-0.1, -0.05) is 30.7 Å². The van der Waals surface area contributed by atoms with Gasteiger partial charge in [-0.05, 0) is 49.4 Å². The molecule has 1 saturated carbocycles. The number of aromatic amines is 1. The van der Waals surface area contributed by atoms with Crippen LogP contribution < -0.4 is 0 Å². The number of imidazole rings is 1. The van der Waals surface area contributed by atoms with Gasteiger partial charge in [0.2, 0.25) is 5.88 Å². The summed E-state index contributed by atoms with van der Waals surface area (Å²) in [7, 11) is 0. The van der Waals surface area contributed by atoms with E-state index in [4.69, 9.17) is 9.72 Å². The highest BCUT2D eigenvalue weighted by molar-refractivity contribution is 6.01. The van der Waals surface area contributed by atoms with Crippen molar-refractivity contribution in [1.29, 1.82) is 0 Å². The molecule has 6 nitrogen and oxygen atoms in total. The van der Waals surface area contributed by atoms with Crippen LogP contribution in [0.1, 0.15) is 48.0 Å². The van der Waals surface area contributed by atoms with E-state index >= 15 is 0 Å². The van der Waals surface area contributed by atoms with Gasteiger partial charge in [-0.15, -0.1) is 0 Å². The van der Waals surface area contributed by atoms with Crippen molar-refractivity contribution in [3.63, 3.8) is 0 Å². The molecule has 5 rings (SSSR count). The number of aromatic nitrogens is 3. The van der Waals surface area contributed by atoms with Gasteiger partial charge < -0.3 is 14.8 Å². The summed E-state index contributed by atoms with van der Waals surface area (Å²) < 4.78 is 5.04. The number of aromatic hydroxyl groups is 1. The number of hydrogen-bond acceptors (Lipinski definition) is 5. The molecule has 0 bridgehead atoms. The number of para-hydroxylation sites is 2. The second-order valence-corrected chi connectivity index (χ2v) is 7.41. The van der Waals surface area contributed by atoms with Crippen LogP contribution in [0.25, 0.3) is 33.3 Å². The van der Waals surface area contributed by atoms with E-state index in [9.17, 15) is 9.90 Å². The van der Waals surface area contributed by atoms with E-state index in [0.717, 1.165) is 40.6 Å². The van der Waals surface area contributed by atoms with E-state index in [1.54, 1.807) is 13.0 Å². The summed E-state index contributed by atoms with van der Waals surface area (Å²) in [4.78, 5) is 24.8. The lowest BCUT2D eigenvalue weighted by molar-refractivity contribution is 0.0522. The minimum Gasteiger partial charge on any atom is -0.493 e. The van der Waals surface area contributed by atoms with Crippen LogP contribution in [-0.2, 0) is 4.74 Å². The van der Waals surface area contributed by atoms with E-state index in [1.807, 2.05) is 30.3 Å². The van der Waals surface area contributed by atoms with Crippen LogP contribution in [-0.4, -0.2) is 32.6 Å². The summed E-state index contributed by atoms with van der Waals surface area (Å²) in [6.45, 7) is 1.97. The zero-order valence-electron chi connectivity index (χ0n) is 16.1. The van der Waals surface area contributed by atoms with E-state index in [1.165, 1.54) is 12.0 Å². The number of rotatable bonds is 4. The van der Waals surface area contributed by atoms with E-state index in [-0.39, 0.29) is 18.1 Å². The Balaban J connectivity index is 1.76. The summed E-state index contributed by atoms with van der Waals surface area (Å²) in [5.74, 6) is 0.289. The number of esters is 1. The van der Waals surface area contributed by atoms with Crippen molar-refractivity contribution >= 4 is 27.9 Å². The average molecular weight is 387 g/mol. The van der Waals surface area contributed by atoms with Crippen molar-refractivity contribution in [1.82, 2.24) is 15.0 Å². The largest absolute Gasteiger partial charge is 0.493 e. The van der Waals surface area contributed by atoms with Gasteiger partial charge in [0.05, 0.1) is 23.2 Å². The highest BCUT2D eigenvalue weighted by Gasteiger charge is 2.27. The average Bonchev–Trinajstić information content (AvgIpc) is 3.09. The zero-order chi connectivity index (χ0) is 20.0. The maximum atomic E-state index is 12.2. The predicted molar refractivity (Wildman–Crippen MR) is 111 cm³/mol. The van der Waals surface area contributed by atoms with Crippen molar-refractivity contribution in [2.24, 2.45) is 0 Å². The number of nitrogens with one attached hydrogen (secondary N) is 1. The highest BCUT2D eigenvalue weighted by Crippen LogP contribution is 2.43. The molecule has 4 aromatic rings.